The molecule has 0 N–H and O–H groups in total. The summed E-state index contributed by atoms with van der Waals surface area (Å²) in [5.74, 6) is 1.20. The number of benzene rings is 2. The van der Waals surface area contributed by atoms with Gasteiger partial charge in [0.2, 0.25) is 0 Å². The first kappa shape index (κ1) is 22.7. The Kier molecular flexibility index (Phi) is 7.86. The Hall–Kier alpha value is -1.96. The molecule has 2 aromatic rings. The second-order valence-corrected chi connectivity index (χ2v) is 8.70. The van der Waals surface area contributed by atoms with Crippen molar-refractivity contribution in [2.24, 2.45) is 4.99 Å². The van der Waals surface area contributed by atoms with Gasteiger partial charge in [-0.2, -0.15) is 0 Å². The van der Waals surface area contributed by atoms with Crippen molar-refractivity contribution in [3.05, 3.63) is 56.4 Å². The third kappa shape index (κ3) is 5.20. The van der Waals surface area contributed by atoms with E-state index in [9.17, 15) is 4.79 Å². The van der Waals surface area contributed by atoms with E-state index >= 15 is 0 Å². The predicted octanol–water partition coefficient (Wildman–Crippen LogP) is 6.52. The van der Waals surface area contributed by atoms with Crippen LogP contribution in [0.2, 0.25) is 5.02 Å². The van der Waals surface area contributed by atoms with Gasteiger partial charge in [0.05, 0.1) is 24.3 Å². The van der Waals surface area contributed by atoms with Crippen LogP contribution in [0.25, 0.3) is 6.08 Å². The maximum absolute atomic E-state index is 13.1. The van der Waals surface area contributed by atoms with Crippen LogP contribution in [-0.4, -0.2) is 36.2 Å². The quantitative estimate of drug-likeness (QED) is 0.399. The number of aliphatic imine (C=N–C) groups is 1. The minimum absolute atomic E-state index is 0.0600. The molecule has 0 radical (unpaired) electrons. The van der Waals surface area contributed by atoms with E-state index in [4.69, 9.17) is 21.1 Å². The third-order valence-corrected chi connectivity index (χ3v) is 6.20. The summed E-state index contributed by atoms with van der Waals surface area (Å²) >= 11 is 10.9. The third-order valence-electron chi connectivity index (χ3n) is 4.26. The topological polar surface area (TPSA) is 51.1 Å². The number of nitrogens with zero attached hydrogens (tertiary/aromatic N) is 2. The zero-order valence-electron chi connectivity index (χ0n) is 16.9. The molecule has 0 aromatic heterocycles. The molecule has 30 heavy (non-hydrogen) atoms. The number of amides is 1. The lowest BCUT2D eigenvalue weighted by atomic mass is 10.2. The lowest BCUT2D eigenvalue weighted by molar-refractivity contribution is -0.122. The number of thioether (sulfide) groups is 1. The lowest BCUT2D eigenvalue weighted by Crippen LogP contribution is -2.29. The van der Waals surface area contributed by atoms with Gasteiger partial charge < -0.3 is 9.47 Å². The molecular formula is C22H22BrClN2O3S. The van der Waals surface area contributed by atoms with Gasteiger partial charge in [0, 0.05) is 16.0 Å². The van der Waals surface area contributed by atoms with E-state index in [0.717, 1.165) is 22.1 Å². The van der Waals surface area contributed by atoms with Crippen LogP contribution in [0.3, 0.4) is 0 Å². The van der Waals surface area contributed by atoms with Crippen LogP contribution in [0.1, 0.15) is 25.8 Å². The molecule has 3 rings (SSSR count). The zero-order chi connectivity index (χ0) is 21.7. The summed E-state index contributed by atoms with van der Waals surface area (Å²) in [6.07, 6.45) is 2.69. The molecule has 0 saturated carbocycles. The molecule has 1 aliphatic heterocycles. The maximum atomic E-state index is 13.1. The van der Waals surface area contributed by atoms with Crippen molar-refractivity contribution in [3.8, 4) is 11.5 Å². The number of halogens is 2. The highest BCUT2D eigenvalue weighted by molar-refractivity contribution is 9.10. The molecular weight excluding hydrogens is 488 g/mol. The normalized spacial score (nSPS) is 16.6. The van der Waals surface area contributed by atoms with Crippen molar-refractivity contribution in [2.75, 3.05) is 20.3 Å². The Morgan fingerprint density at radius 3 is 2.57 bits per heavy atom. The van der Waals surface area contributed by atoms with Gasteiger partial charge in [0.1, 0.15) is 0 Å². The summed E-state index contributed by atoms with van der Waals surface area (Å²) in [6.45, 7) is 5.07. The second-order valence-electron chi connectivity index (χ2n) is 6.40. The van der Waals surface area contributed by atoms with Gasteiger partial charge in [-0.15, -0.1) is 0 Å². The second kappa shape index (κ2) is 10.4. The molecule has 8 heteroatoms. The number of hydrogen-bond acceptors (Lipinski definition) is 5. The fraction of sp³-hybridized carbons (Fsp3) is 0.273. The standard InChI is InChI=1S/C22H22BrClN2O3S/c1-4-10-26-21(27)20(30-22(26)25-16-8-6-15(24)7-9-16)12-14-11-19(29-5-2)18(28-3)13-17(14)23/h6-9,11-13H,4-5,10H2,1-3H3/b20-12-,25-22?. The number of carbonyl (C=O) groups is 1. The Labute approximate surface area is 194 Å². The van der Waals surface area contributed by atoms with E-state index in [-0.39, 0.29) is 5.91 Å². The molecule has 5 nitrogen and oxygen atoms in total. The fourth-order valence-electron chi connectivity index (χ4n) is 2.87. The molecule has 1 heterocycles. The number of hydrogen-bond donors (Lipinski definition) is 0. The summed E-state index contributed by atoms with van der Waals surface area (Å²) in [5, 5.41) is 1.31. The molecule has 0 bridgehead atoms. The average molecular weight is 510 g/mol. The van der Waals surface area contributed by atoms with Crippen molar-refractivity contribution in [1.29, 1.82) is 0 Å². The highest BCUT2D eigenvalue weighted by Crippen LogP contribution is 2.38. The van der Waals surface area contributed by atoms with E-state index in [1.54, 1.807) is 24.1 Å². The summed E-state index contributed by atoms with van der Waals surface area (Å²) in [5.41, 5.74) is 1.58. The van der Waals surface area contributed by atoms with Gasteiger partial charge in [-0.25, -0.2) is 4.99 Å². The largest absolute Gasteiger partial charge is 0.493 e. The first-order chi connectivity index (χ1) is 14.5. The van der Waals surface area contributed by atoms with E-state index in [2.05, 4.69) is 20.9 Å². The van der Waals surface area contributed by atoms with Crippen LogP contribution < -0.4 is 9.47 Å². The highest BCUT2D eigenvalue weighted by Gasteiger charge is 2.33. The molecule has 158 valence electrons. The number of rotatable bonds is 7. The number of amidine groups is 1. The summed E-state index contributed by atoms with van der Waals surface area (Å²) in [7, 11) is 1.60. The Morgan fingerprint density at radius 2 is 1.93 bits per heavy atom. The van der Waals surface area contributed by atoms with Crippen molar-refractivity contribution in [1.82, 2.24) is 4.90 Å². The van der Waals surface area contributed by atoms with Crippen molar-refractivity contribution < 1.29 is 14.3 Å². The Balaban J connectivity index is 1.98. The van der Waals surface area contributed by atoms with E-state index in [1.165, 1.54) is 11.8 Å². The van der Waals surface area contributed by atoms with Gasteiger partial charge in [-0.3, -0.25) is 9.69 Å². The van der Waals surface area contributed by atoms with Crippen LogP contribution in [0.4, 0.5) is 5.69 Å². The van der Waals surface area contributed by atoms with Crippen LogP contribution in [0.5, 0.6) is 11.5 Å². The monoisotopic (exact) mass is 508 g/mol. The molecule has 1 aliphatic rings. The van der Waals surface area contributed by atoms with Crippen LogP contribution in [0, 0.1) is 0 Å². The van der Waals surface area contributed by atoms with Gasteiger partial charge in [0.15, 0.2) is 16.7 Å². The van der Waals surface area contributed by atoms with Gasteiger partial charge in [0.25, 0.3) is 5.91 Å². The molecule has 0 aliphatic carbocycles. The van der Waals surface area contributed by atoms with Gasteiger partial charge in [-0.05, 0) is 73.1 Å². The van der Waals surface area contributed by atoms with Crippen molar-refractivity contribution in [3.63, 3.8) is 0 Å². The lowest BCUT2D eigenvalue weighted by Gasteiger charge is -2.14. The number of carbonyl (C=O) groups excluding carboxylic acids is 1. The molecule has 0 spiro atoms. The van der Waals surface area contributed by atoms with Crippen LogP contribution in [0.15, 0.2) is 50.8 Å². The van der Waals surface area contributed by atoms with Crippen molar-refractivity contribution >= 4 is 62.1 Å². The molecule has 0 unspecified atom stereocenters. The average Bonchev–Trinajstić information content (AvgIpc) is 3.01. The minimum Gasteiger partial charge on any atom is -0.493 e. The Morgan fingerprint density at radius 1 is 1.20 bits per heavy atom. The molecule has 2 aromatic carbocycles. The maximum Gasteiger partial charge on any atom is 0.266 e. The van der Waals surface area contributed by atoms with E-state index < -0.39 is 0 Å². The fourth-order valence-corrected chi connectivity index (χ4v) is 4.45. The molecule has 1 fully saturated rings. The first-order valence-electron chi connectivity index (χ1n) is 9.52. The highest BCUT2D eigenvalue weighted by atomic mass is 79.9. The molecule has 1 saturated heterocycles. The Bertz CT molecular complexity index is 993. The van der Waals surface area contributed by atoms with Gasteiger partial charge >= 0.3 is 0 Å². The first-order valence-corrected chi connectivity index (χ1v) is 11.5. The molecule has 1 amide bonds. The van der Waals surface area contributed by atoms with Crippen molar-refractivity contribution in [2.45, 2.75) is 20.3 Å². The number of methoxy groups -OCH3 is 1. The predicted molar refractivity (Wildman–Crippen MR) is 128 cm³/mol. The SMILES string of the molecule is CCCN1C(=O)/C(=C/c2cc(OCC)c(OC)cc2Br)SC1=Nc1ccc(Cl)cc1. The van der Waals surface area contributed by atoms with E-state index in [0.29, 0.717) is 39.7 Å². The summed E-state index contributed by atoms with van der Waals surface area (Å²) in [4.78, 5) is 20.0. The van der Waals surface area contributed by atoms with Crippen LogP contribution in [-0.2, 0) is 4.79 Å². The van der Waals surface area contributed by atoms with Gasteiger partial charge in [-0.1, -0.05) is 34.5 Å². The minimum atomic E-state index is -0.0600. The van der Waals surface area contributed by atoms with Crippen LogP contribution >= 0.6 is 39.3 Å². The smallest absolute Gasteiger partial charge is 0.266 e. The zero-order valence-corrected chi connectivity index (χ0v) is 20.1. The molecule has 0 atom stereocenters. The summed E-state index contributed by atoms with van der Waals surface area (Å²) < 4.78 is 11.9. The van der Waals surface area contributed by atoms with E-state index in [1.807, 2.05) is 44.2 Å². The number of ether oxygens (including phenoxy) is 2. The summed E-state index contributed by atoms with van der Waals surface area (Å²) in [6, 6.07) is 10.9.